The number of nitrogens with one attached hydrogen (secondary N) is 1. The topological polar surface area (TPSA) is 29.1 Å². The van der Waals surface area contributed by atoms with Crippen LogP contribution in [0, 0.1) is 0 Å². The molecule has 0 saturated heterocycles. The standard InChI is InChI=1S/C16H11Cl3F3NOS/c17-12-2-1-3-13(18)10(12)7-25-8-15(24)23-9-4-5-14(19)11(6-9)16(20,21)22/h1-6H,7-8H2,(H,23,24). The summed E-state index contributed by atoms with van der Waals surface area (Å²) in [5, 5.41) is 2.98. The third-order valence-corrected chi connectivity index (χ3v) is 5.09. The number of carbonyl (C=O) groups is 1. The molecule has 0 aliphatic carbocycles. The van der Waals surface area contributed by atoms with E-state index < -0.39 is 22.7 Å². The lowest BCUT2D eigenvalue weighted by molar-refractivity contribution is -0.137. The van der Waals surface area contributed by atoms with E-state index in [0.717, 1.165) is 12.1 Å². The second-order valence-electron chi connectivity index (χ2n) is 4.93. The maximum atomic E-state index is 12.8. The number of benzene rings is 2. The molecule has 2 rings (SSSR count). The molecule has 0 aliphatic heterocycles. The highest BCUT2D eigenvalue weighted by molar-refractivity contribution is 7.99. The third kappa shape index (κ3) is 5.71. The van der Waals surface area contributed by atoms with Crippen LogP contribution in [0.5, 0.6) is 0 Å². The van der Waals surface area contributed by atoms with Crippen molar-refractivity contribution in [3.8, 4) is 0 Å². The first kappa shape index (κ1) is 20.2. The molecule has 2 nitrogen and oxygen atoms in total. The highest BCUT2D eigenvalue weighted by Gasteiger charge is 2.33. The quantitative estimate of drug-likeness (QED) is 0.586. The van der Waals surface area contributed by atoms with Crippen molar-refractivity contribution in [3.63, 3.8) is 0 Å². The van der Waals surface area contributed by atoms with Crippen molar-refractivity contribution in [1.29, 1.82) is 0 Å². The Kier molecular flexibility index (Phi) is 6.91. The first-order valence-corrected chi connectivity index (χ1v) is 9.14. The Bertz CT molecular complexity index is 763. The van der Waals surface area contributed by atoms with Gasteiger partial charge >= 0.3 is 6.18 Å². The number of carbonyl (C=O) groups excluding carboxylic acids is 1. The summed E-state index contributed by atoms with van der Waals surface area (Å²) in [6, 6.07) is 8.30. The van der Waals surface area contributed by atoms with Gasteiger partial charge in [-0.2, -0.15) is 13.2 Å². The van der Waals surface area contributed by atoms with Gasteiger partial charge in [-0.25, -0.2) is 0 Å². The number of thioether (sulfide) groups is 1. The average molecular weight is 429 g/mol. The lowest BCUT2D eigenvalue weighted by Gasteiger charge is -2.12. The minimum Gasteiger partial charge on any atom is -0.325 e. The van der Waals surface area contributed by atoms with Gasteiger partial charge in [0.25, 0.3) is 0 Å². The second-order valence-corrected chi connectivity index (χ2v) is 7.14. The summed E-state index contributed by atoms with van der Waals surface area (Å²) in [7, 11) is 0. The number of hydrogen-bond donors (Lipinski definition) is 1. The molecule has 25 heavy (non-hydrogen) atoms. The highest BCUT2D eigenvalue weighted by Crippen LogP contribution is 2.36. The monoisotopic (exact) mass is 427 g/mol. The van der Waals surface area contributed by atoms with E-state index in [2.05, 4.69) is 5.32 Å². The predicted octanol–water partition coefficient (Wildman–Crippen LogP) is 6.54. The van der Waals surface area contributed by atoms with E-state index in [1.807, 2.05) is 0 Å². The normalized spacial score (nSPS) is 11.4. The van der Waals surface area contributed by atoms with Gasteiger partial charge in [-0.3, -0.25) is 4.79 Å². The molecule has 0 radical (unpaired) electrons. The van der Waals surface area contributed by atoms with Crippen molar-refractivity contribution < 1.29 is 18.0 Å². The van der Waals surface area contributed by atoms with Crippen LogP contribution in [0.1, 0.15) is 11.1 Å². The van der Waals surface area contributed by atoms with Gasteiger partial charge in [-0.05, 0) is 35.9 Å². The molecule has 134 valence electrons. The minimum absolute atomic E-state index is 0.0260. The van der Waals surface area contributed by atoms with Crippen molar-refractivity contribution in [1.82, 2.24) is 0 Å². The Hall–Kier alpha value is -1.08. The van der Waals surface area contributed by atoms with Gasteiger partial charge in [-0.1, -0.05) is 40.9 Å². The van der Waals surface area contributed by atoms with Crippen LogP contribution in [-0.2, 0) is 16.7 Å². The largest absolute Gasteiger partial charge is 0.417 e. The van der Waals surface area contributed by atoms with Crippen LogP contribution in [0.2, 0.25) is 15.1 Å². The van der Waals surface area contributed by atoms with Crippen LogP contribution in [0.3, 0.4) is 0 Å². The third-order valence-electron chi connectivity index (χ3n) is 3.10. The average Bonchev–Trinajstić information content (AvgIpc) is 2.51. The Morgan fingerprint density at radius 1 is 1.04 bits per heavy atom. The number of rotatable bonds is 5. The van der Waals surface area contributed by atoms with Crippen LogP contribution < -0.4 is 5.32 Å². The molecule has 1 amide bonds. The lowest BCUT2D eigenvalue weighted by Crippen LogP contribution is -2.15. The lowest BCUT2D eigenvalue weighted by atomic mass is 10.2. The number of hydrogen-bond acceptors (Lipinski definition) is 2. The molecule has 0 fully saturated rings. The van der Waals surface area contributed by atoms with Gasteiger partial charge in [0.2, 0.25) is 5.91 Å². The van der Waals surface area contributed by atoms with Gasteiger partial charge in [0.05, 0.1) is 16.3 Å². The van der Waals surface area contributed by atoms with Crippen molar-refractivity contribution in [2.24, 2.45) is 0 Å². The van der Waals surface area contributed by atoms with E-state index in [4.69, 9.17) is 34.8 Å². The Morgan fingerprint density at radius 3 is 2.28 bits per heavy atom. The van der Waals surface area contributed by atoms with E-state index in [9.17, 15) is 18.0 Å². The summed E-state index contributed by atoms with van der Waals surface area (Å²) in [6.07, 6.45) is -4.59. The van der Waals surface area contributed by atoms with E-state index >= 15 is 0 Å². The summed E-state index contributed by atoms with van der Waals surface area (Å²) in [4.78, 5) is 11.9. The molecule has 0 heterocycles. The predicted molar refractivity (Wildman–Crippen MR) is 97.7 cm³/mol. The Labute approximate surface area is 161 Å². The van der Waals surface area contributed by atoms with Gasteiger partial charge in [-0.15, -0.1) is 11.8 Å². The molecule has 0 saturated carbocycles. The van der Waals surface area contributed by atoms with Crippen LogP contribution in [-0.4, -0.2) is 11.7 Å². The van der Waals surface area contributed by atoms with Gasteiger partial charge in [0, 0.05) is 21.5 Å². The molecule has 0 spiro atoms. The minimum atomic E-state index is -4.59. The fraction of sp³-hybridized carbons (Fsp3) is 0.188. The molecule has 2 aromatic rings. The zero-order valence-electron chi connectivity index (χ0n) is 12.5. The molecule has 1 N–H and O–H groups in total. The van der Waals surface area contributed by atoms with E-state index in [-0.39, 0.29) is 11.4 Å². The molecular formula is C16H11Cl3F3NOS. The molecule has 0 unspecified atom stereocenters. The first-order chi connectivity index (χ1) is 11.7. The zero-order valence-corrected chi connectivity index (χ0v) is 15.5. The van der Waals surface area contributed by atoms with E-state index in [1.165, 1.54) is 17.8 Å². The molecular weight excluding hydrogens is 418 g/mol. The first-order valence-electron chi connectivity index (χ1n) is 6.85. The molecule has 9 heteroatoms. The van der Waals surface area contributed by atoms with Crippen molar-refractivity contribution in [3.05, 3.63) is 62.6 Å². The van der Waals surface area contributed by atoms with E-state index in [0.29, 0.717) is 21.4 Å². The molecule has 0 atom stereocenters. The van der Waals surface area contributed by atoms with Gasteiger partial charge < -0.3 is 5.32 Å². The van der Waals surface area contributed by atoms with Crippen LogP contribution >= 0.6 is 46.6 Å². The summed E-state index contributed by atoms with van der Waals surface area (Å²) >= 11 is 18.8. The van der Waals surface area contributed by atoms with Crippen LogP contribution in [0.25, 0.3) is 0 Å². The van der Waals surface area contributed by atoms with Crippen LogP contribution in [0.15, 0.2) is 36.4 Å². The summed E-state index contributed by atoms with van der Waals surface area (Å²) < 4.78 is 38.4. The van der Waals surface area contributed by atoms with Crippen molar-refractivity contribution >= 4 is 58.2 Å². The molecule has 0 aromatic heterocycles. The molecule has 2 aromatic carbocycles. The van der Waals surface area contributed by atoms with Gasteiger partial charge in [0.15, 0.2) is 0 Å². The summed E-state index contributed by atoms with van der Waals surface area (Å²) in [5.41, 5.74) is -0.268. The highest BCUT2D eigenvalue weighted by atomic mass is 35.5. The number of halogens is 6. The van der Waals surface area contributed by atoms with Crippen molar-refractivity contribution in [2.45, 2.75) is 11.9 Å². The van der Waals surface area contributed by atoms with Crippen molar-refractivity contribution in [2.75, 3.05) is 11.1 Å². The molecule has 0 bridgehead atoms. The van der Waals surface area contributed by atoms with E-state index in [1.54, 1.807) is 18.2 Å². The fourth-order valence-corrected chi connectivity index (χ4v) is 3.72. The number of amides is 1. The zero-order chi connectivity index (χ0) is 18.6. The maximum Gasteiger partial charge on any atom is 0.417 e. The Balaban J connectivity index is 1.95. The van der Waals surface area contributed by atoms with Gasteiger partial charge in [0.1, 0.15) is 0 Å². The fourth-order valence-electron chi connectivity index (χ4n) is 1.93. The van der Waals surface area contributed by atoms with Crippen LogP contribution in [0.4, 0.5) is 18.9 Å². The Morgan fingerprint density at radius 2 is 1.68 bits per heavy atom. The summed E-state index contributed by atoms with van der Waals surface area (Å²) in [5.74, 6) is -0.00471. The number of alkyl halides is 3. The second kappa shape index (κ2) is 8.54. The smallest absolute Gasteiger partial charge is 0.325 e. The maximum absolute atomic E-state index is 12.8. The SMILES string of the molecule is O=C(CSCc1c(Cl)cccc1Cl)Nc1ccc(Cl)c(C(F)(F)F)c1. The summed E-state index contributed by atoms with van der Waals surface area (Å²) in [6.45, 7) is 0. The molecule has 0 aliphatic rings. The number of anilines is 1.